The van der Waals surface area contributed by atoms with E-state index >= 15 is 0 Å². The van der Waals surface area contributed by atoms with Gasteiger partial charge in [0.15, 0.2) is 0 Å². The van der Waals surface area contributed by atoms with Crippen molar-refractivity contribution in [3.05, 3.63) is 35.9 Å². The predicted molar refractivity (Wildman–Crippen MR) is 51.4 cm³/mol. The van der Waals surface area contributed by atoms with Crippen molar-refractivity contribution in [1.82, 2.24) is 0 Å². The highest BCUT2D eigenvalue weighted by molar-refractivity contribution is 5.76. The van der Waals surface area contributed by atoms with Crippen molar-refractivity contribution in [3.8, 4) is 0 Å². The van der Waals surface area contributed by atoms with Crippen LogP contribution >= 0.6 is 0 Å². The maximum atomic E-state index is 11.0. The number of methoxy groups -OCH3 is 1. The zero-order chi connectivity index (χ0) is 10.6. The van der Waals surface area contributed by atoms with Crippen molar-refractivity contribution < 1.29 is 14.6 Å². The van der Waals surface area contributed by atoms with E-state index in [4.69, 9.17) is 5.73 Å². The summed E-state index contributed by atoms with van der Waals surface area (Å²) in [4.78, 5) is 11.0. The van der Waals surface area contributed by atoms with Crippen LogP contribution in [0.3, 0.4) is 0 Å². The minimum atomic E-state index is -1.04. The molecule has 0 heterocycles. The molecule has 0 unspecified atom stereocenters. The molecule has 4 heteroatoms. The number of rotatable bonds is 3. The van der Waals surface area contributed by atoms with Crippen molar-refractivity contribution in [2.75, 3.05) is 7.11 Å². The molecular formula is C10H13NO3. The van der Waals surface area contributed by atoms with Gasteiger partial charge in [-0.15, -0.1) is 0 Å². The van der Waals surface area contributed by atoms with Crippen LogP contribution < -0.4 is 5.73 Å². The molecule has 0 saturated carbocycles. The normalized spacial score (nSPS) is 14.5. The Kier molecular flexibility index (Phi) is 3.62. The van der Waals surface area contributed by atoms with Crippen molar-refractivity contribution >= 4 is 5.97 Å². The molecular weight excluding hydrogens is 182 g/mol. The number of ether oxygens (including phenoxy) is 1. The Balaban J connectivity index is 2.75. The van der Waals surface area contributed by atoms with E-state index in [1.165, 1.54) is 7.11 Å². The summed E-state index contributed by atoms with van der Waals surface area (Å²) in [7, 11) is 1.24. The van der Waals surface area contributed by atoms with Gasteiger partial charge in [0, 0.05) is 0 Å². The van der Waals surface area contributed by atoms with E-state index < -0.39 is 18.1 Å². The van der Waals surface area contributed by atoms with E-state index in [9.17, 15) is 9.90 Å². The van der Waals surface area contributed by atoms with Gasteiger partial charge < -0.3 is 15.6 Å². The molecule has 76 valence electrons. The highest BCUT2D eigenvalue weighted by atomic mass is 16.5. The molecule has 1 rings (SSSR count). The van der Waals surface area contributed by atoms with Crippen molar-refractivity contribution in [2.24, 2.45) is 5.73 Å². The lowest BCUT2D eigenvalue weighted by Crippen LogP contribution is -2.37. The molecule has 14 heavy (non-hydrogen) atoms. The van der Waals surface area contributed by atoms with Gasteiger partial charge in [-0.2, -0.15) is 0 Å². The summed E-state index contributed by atoms with van der Waals surface area (Å²) in [5, 5.41) is 9.66. The van der Waals surface area contributed by atoms with Gasteiger partial charge in [0.05, 0.1) is 7.11 Å². The fourth-order valence-corrected chi connectivity index (χ4v) is 1.12. The second-order valence-corrected chi connectivity index (χ2v) is 2.90. The maximum absolute atomic E-state index is 11.0. The highest BCUT2D eigenvalue weighted by Crippen LogP contribution is 2.15. The summed E-state index contributed by atoms with van der Waals surface area (Å²) in [6.45, 7) is 0. The summed E-state index contributed by atoms with van der Waals surface area (Å²) in [5.41, 5.74) is 6.08. The first-order valence-electron chi connectivity index (χ1n) is 4.23. The van der Waals surface area contributed by atoms with Crippen molar-refractivity contribution in [3.63, 3.8) is 0 Å². The summed E-state index contributed by atoms with van der Waals surface area (Å²) in [6, 6.07) is 7.72. The molecule has 2 atom stereocenters. The summed E-state index contributed by atoms with van der Waals surface area (Å²) in [6.07, 6.45) is -1.02. The second-order valence-electron chi connectivity index (χ2n) is 2.90. The molecule has 0 spiro atoms. The third-order valence-corrected chi connectivity index (χ3v) is 1.95. The van der Waals surface area contributed by atoms with Crippen LogP contribution in [0.15, 0.2) is 30.3 Å². The first kappa shape index (κ1) is 10.7. The van der Waals surface area contributed by atoms with E-state index in [2.05, 4.69) is 4.74 Å². The van der Waals surface area contributed by atoms with E-state index in [0.29, 0.717) is 5.56 Å². The van der Waals surface area contributed by atoms with Gasteiger partial charge in [-0.05, 0) is 5.56 Å². The highest BCUT2D eigenvalue weighted by Gasteiger charge is 2.24. The fourth-order valence-electron chi connectivity index (χ4n) is 1.12. The van der Waals surface area contributed by atoms with Crippen LogP contribution in [0.4, 0.5) is 0 Å². The average molecular weight is 195 g/mol. The monoisotopic (exact) mass is 195 g/mol. The number of hydrogen-bond donors (Lipinski definition) is 2. The first-order valence-corrected chi connectivity index (χ1v) is 4.23. The molecule has 0 aliphatic rings. The Hall–Kier alpha value is -1.39. The maximum Gasteiger partial charge on any atom is 0.325 e. The molecule has 0 fully saturated rings. The molecule has 0 bridgehead atoms. The van der Waals surface area contributed by atoms with Crippen LogP contribution in [0.2, 0.25) is 0 Å². The third kappa shape index (κ3) is 2.31. The number of carbonyl (C=O) groups is 1. The Bertz CT molecular complexity index is 299. The van der Waals surface area contributed by atoms with Crippen LogP contribution in [-0.4, -0.2) is 24.2 Å². The fraction of sp³-hybridized carbons (Fsp3) is 0.300. The number of aliphatic hydroxyl groups is 1. The smallest absolute Gasteiger partial charge is 0.325 e. The van der Waals surface area contributed by atoms with Crippen LogP contribution in [0, 0.1) is 0 Å². The second kappa shape index (κ2) is 4.74. The topological polar surface area (TPSA) is 72.5 Å². The van der Waals surface area contributed by atoms with Gasteiger partial charge in [-0.1, -0.05) is 30.3 Å². The Morgan fingerprint density at radius 3 is 2.50 bits per heavy atom. The van der Waals surface area contributed by atoms with Crippen LogP contribution in [0.25, 0.3) is 0 Å². The van der Waals surface area contributed by atoms with Crippen LogP contribution in [0.5, 0.6) is 0 Å². The largest absolute Gasteiger partial charge is 0.468 e. The molecule has 0 amide bonds. The van der Waals surface area contributed by atoms with Crippen LogP contribution in [-0.2, 0) is 9.53 Å². The van der Waals surface area contributed by atoms with Gasteiger partial charge in [-0.3, -0.25) is 4.79 Å². The van der Waals surface area contributed by atoms with Gasteiger partial charge in [0.25, 0.3) is 0 Å². The average Bonchev–Trinajstić information content (AvgIpc) is 2.27. The standard InChI is InChI=1S/C10H13NO3/c1-14-10(13)8(11)9(12)7-5-3-2-4-6-7/h2-6,8-9,12H,11H2,1H3/t8-,9+/m0/s1. The molecule has 0 aliphatic carbocycles. The Morgan fingerprint density at radius 1 is 1.43 bits per heavy atom. The molecule has 1 aromatic carbocycles. The third-order valence-electron chi connectivity index (χ3n) is 1.95. The number of benzene rings is 1. The van der Waals surface area contributed by atoms with E-state index in [1.807, 2.05) is 6.07 Å². The summed E-state index contributed by atoms with van der Waals surface area (Å²) >= 11 is 0. The SMILES string of the molecule is COC(=O)[C@@H](N)[C@H](O)c1ccccc1. The summed E-state index contributed by atoms with van der Waals surface area (Å²) in [5.74, 6) is -0.624. The Morgan fingerprint density at radius 2 is 2.00 bits per heavy atom. The molecule has 0 saturated heterocycles. The van der Waals surface area contributed by atoms with Crippen molar-refractivity contribution in [1.29, 1.82) is 0 Å². The lowest BCUT2D eigenvalue weighted by Gasteiger charge is -2.16. The van der Waals surface area contributed by atoms with E-state index in [0.717, 1.165) is 0 Å². The minimum Gasteiger partial charge on any atom is -0.468 e. The lowest BCUT2D eigenvalue weighted by atomic mass is 10.0. The number of esters is 1. The number of aliphatic hydroxyl groups excluding tert-OH is 1. The van der Waals surface area contributed by atoms with E-state index in [1.54, 1.807) is 24.3 Å². The van der Waals surface area contributed by atoms with Gasteiger partial charge in [0.1, 0.15) is 12.1 Å². The Labute approximate surface area is 82.3 Å². The van der Waals surface area contributed by atoms with Gasteiger partial charge in [-0.25, -0.2) is 0 Å². The van der Waals surface area contributed by atoms with E-state index in [-0.39, 0.29) is 0 Å². The van der Waals surface area contributed by atoms with Crippen LogP contribution in [0.1, 0.15) is 11.7 Å². The lowest BCUT2D eigenvalue weighted by molar-refractivity contribution is -0.145. The molecule has 1 aromatic rings. The van der Waals surface area contributed by atoms with Gasteiger partial charge in [0.2, 0.25) is 0 Å². The zero-order valence-corrected chi connectivity index (χ0v) is 7.88. The summed E-state index contributed by atoms with van der Waals surface area (Å²) < 4.78 is 4.43. The molecule has 0 aromatic heterocycles. The molecule has 3 N–H and O–H groups in total. The molecule has 0 radical (unpaired) electrons. The quantitative estimate of drug-likeness (QED) is 0.677. The first-order chi connectivity index (χ1) is 6.66. The predicted octanol–water partition coefficient (Wildman–Crippen LogP) is 0.220. The van der Waals surface area contributed by atoms with Crippen molar-refractivity contribution in [2.45, 2.75) is 12.1 Å². The zero-order valence-electron chi connectivity index (χ0n) is 7.88. The molecule has 4 nitrogen and oxygen atoms in total. The number of hydrogen-bond acceptors (Lipinski definition) is 4. The number of nitrogens with two attached hydrogens (primary N) is 1. The minimum absolute atomic E-state index is 0.602. The molecule has 0 aliphatic heterocycles. The van der Waals surface area contributed by atoms with Gasteiger partial charge >= 0.3 is 5.97 Å². The number of carbonyl (C=O) groups excluding carboxylic acids is 1.